The lowest BCUT2D eigenvalue weighted by molar-refractivity contribution is -0.129. The second kappa shape index (κ2) is 8.08. The number of hydrogen-bond acceptors (Lipinski definition) is 2. The molecule has 2 aromatic rings. The Labute approximate surface area is 153 Å². The minimum absolute atomic E-state index is 0.00296. The summed E-state index contributed by atoms with van der Waals surface area (Å²) in [5, 5.41) is 0. The number of likely N-dealkylation sites (tertiary alicyclic amines) is 1. The van der Waals surface area contributed by atoms with Crippen LogP contribution >= 0.6 is 15.9 Å². The first-order valence-electron chi connectivity index (χ1n) is 8.07. The van der Waals surface area contributed by atoms with Crippen LogP contribution in [0.3, 0.4) is 0 Å². The van der Waals surface area contributed by atoms with Crippen molar-refractivity contribution in [2.75, 3.05) is 12.3 Å². The molecular formula is C19H20BrNO2S. The second-order valence-electron chi connectivity index (χ2n) is 6.01. The van der Waals surface area contributed by atoms with Gasteiger partial charge in [0, 0.05) is 27.6 Å². The zero-order valence-electron chi connectivity index (χ0n) is 13.4. The van der Waals surface area contributed by atoms with Gasteiger partial charge in [-0.2, -0.15) is 0 Å². The third-order valence-electron chi connectivity index (χ3n) is 4.28. The van der Waals surface area contributed by atoms with E-state index in [0.717, 1.165) is 29.4 Å². The van der Waals surface area contributed by atoms with Gasteiger partial charge in [-0.25, -0.2) is 0 Å². The van der Waals surface area contributed by atoms with Gasteiger partial charge in [-0.1, -0.05) is 58.4 Å². The van der Waals surface area contributed by atoms with E-state index in [1.54, 1.807) is 0 Å². The van der Waals surface area contributed by atoms with E-state index >= 15 is 0 Å². The van der Waals surface area contributed by atoms with Gasteiger partial charge in [0.05, 0.1) is 6.04 Å². The lowest BCUT2D eigenvalue weighted by Crippen LogP contribution is -2.34. The predicted molar refractivity (Wildman–Crippen MR) is 101 cm³/mol. The summed E-state index contributed by atoms with van der Waals surface area (Å²) in [5.74, 6) is 0.513. The van der Waals surface area contributed by atoms with E-state index in [1.807, 2.05) is 47.4 Å². The number of benzene rings is 2. The summed E-state index contributed by atoms with van der Waals surface area (Å²) in [5.41, 5.74) is 2.16. The molecular weight excluding hydrogens is 386 g/mol. The highest BCUT2D eigenvalue weighted by molar-refractivity contribution is 9.10. The molecule has 0 saturated carbocycles. The highest BCUT2D eigenvalue weighted by atomic mass is 79.9. The molecule has 0 bridgehead atoms. The molecule has 2 unspecified atom stereocenters. The smallest absolute Gasteiger partial charge is 0.235 e. The van der Waals surface area contributed by atoms with Crippen LogP contribution in [0.5, 0.6) is 0 Å². The molecule has 1 saturated heterocycles. The van der Waals surface area contributed by atoms with E-state index in [-0.39, 0.29) is 17.7 Å². The Balaban J connectivity index is 1.61. The van der Waals surface area contributed by atoms with Gasteiger partial charge in [0.15, 0.2) is 0 Å². The molecule has 0 aromatic heterocycles. The molecule has 2 atom stereocenters. The predicted octanol–water partition coefficient (Wildman–Crippen LogP) is 4.06. The zero-order chi connectivity index (χ0) is 16.9. The van der Waals surface area contributed by atoms with Crippen LogP contribution in [0.1, 0.15) is 30.0 Å². The van der Waals surface area contributed by atoms with Crippen molar-refractivity contribution in [2.45, 2.75) is 24.6 Å². The van der Waals surface area contributed by atoms with Gasteiger partial charge in [-0.3, -0.25) is 9.00 Å². The Kier molecular flexibility index (Phi) is 5.85. The lowest BCUT2D eigenvalue weighted by Gasteiger charge is -2.25. The van der Waals surface area contributed by atoms with Crippen LogP contribution in [0.15, 0.2) is 59.1 Å². The maximum Gasteiger partial charge on any atom is 0.235 e. The molecule has 1 aliphatic rings. The van der Waals surface area contributed by atoms with Crippen LogP contribution in [-0.4, -0.2) is 27.3 Å². The Morgan fingerprint density at radius 2 is 1.83 bits per heavy atom. The van der Waals surface area contributed by atoms with E-state index < -0.39 is 10.8 Å². The molecule has 126 valence electrons. The number of hydrogen-bond donors (Lipinski definition) is 0. The van der Waals surface area contributed by atoms with Gasteiger partial charge < -0.3 is 4.90 Å². The minimum Gasteiger partial charge on any atom is -0.335 e. The fourth-order valence-corrected chi connectivity index (χ4v) is 4.50. The second-order valence-corrected chi connectivity index (χ2v) is 8.38. The minimum atomic E-state index is -1.18. The van der Waals surface area contributed by atoms with Gasteiger partial charge in [-0.05, 0) is 36.1 Å². The lowest BCUT2D eigenvalue weighted by atomic mass is 10.0. The molecule has 0 radical (unpaired) electrons. The van der Waals surface area contributed by atoms with E-state index in [2.05, 4.69) is 28.1 Å². The summed E-state index contributed by atoms with van der Waals surface area (Å²) in [6.45, 7) is 0.758. The first kappa shape index (κ1) is 17.4. The van der Waals surface area contributed by atoms with E-state index in [4.69, 9.17) is 0 Å². The molecule has 2 aromatic carbocycles. The number of amides is 1. The normalized spacial score (nSPS) is 18.5. The zero-order valence-corrected chi connectivity index (χ0v) is 15.8. The fraction of sp³-hybridized carbons (Fsp3) is 0.316. The Morgan fingerprint density at radius 3 is 2.54 bits per heavy atom. The Hall–Kier alpha value is -1.46. The molecule has 1 aliphatic heterocycles. The van der Waals surface area contributed by atoms with Gasteiger partial charge in [-0.15, -0.1) is 0 Å². The van der Waals surface area contributed by atoms with Crippen molar-refractivity contribution in [3.8, 4) is 0 Å². The summed E-state index contributed by atoms with van der Waals surface area (Å²) in [6, 6.07) is 18.0. The fourth-order valence-electron chi connectivity index (χ4n) is 3.13. The average molecular weight is 406 g/mol. The van der Waals surface area contributed by atoms with Gasteiger partial charge in [0.1, 0.15) is 5.75 Å². The van der Waals surface area contributed by atoms with Crippen molar-refractivity contribution in [3.63, 3.8) is 0 Å². The molecule has 0 spiro atoms. The molecule has 5 heteroatoms. The first-order valence-corrected chi connectivity index (χ1v) is 10.4. The van der Waals surface area contributed by atoms with Crippen LogP contribution in [0.4, 0.5) is 0 Å². The van der Waals surface area contributed by atoms with E-state index in [1.165, 1.54) is 5.56 Å². The summed E-state index contributed by atoms with van der Waals surface area (Å²) in [7, 11) is -1.18. The quantitative estimate of drug-likeness (QED) is 0.751. The summed E-state index contributed by atoms with van der Waals surface area (Å²) < 4.78 is 13.4. The summed E-state index contributed by atoms with van der Waals surface area (Å²) >= 11 is 3.39. The van der Waals surface area contributed by atoms with Crippen LogP contribution in [0.2, 0.25) is 0 Å². The topological polar surface area (TPSA) is 37.4 Å². The Bertz CT molecular complexity index is 718. The monoisotopic (exact) mass is 405 g/mol. The van der Waals surface area contributed by atoms with Gasteiger partial charge in [0.2, 0.25) is 5.91 Å². The SMILES string of the molecule is O=C(CS(=O)Cc1ccc(Br)cc1)N1CCCC1c1ccccc1. The molecule has 0 N–H and O–H groups in total. The van der Waals surface area contributed by atoms with Crippen molar-refractivity contribution >= 4 is 32.6 Å². The van der Waals surface area contributed by atoms with Crippen LogP contribution in [0.25, 0.3) is 0 Å². The molecule has 1 fully saturated rings. The third kappa shape index (κ3) is 4.33. The maximum atomic E-state index is 12.6. The third-order valence-corrected chi connectivity index (χ3v) is 6.04. The van der Waals surface area contributed by atoms with Crippen LogP contribution in [0, 0.1) is 0 Å². The van der Waals surface area contributed by atoms with Crippen molar-refractivity contribution in [1.29, 1.82) is 0 Å². The van der Waals surface area contributed by atoms with E-state index in [9.17, 15) is 9.00 Å². The molecule has 1 amide bonds. The van der Waals surface area contributed by atoms with Crippen LogP contribution in [-0.2, 0) is 21.3 Å². The summed E-state index contributed by atoms with van der Waals surface area (Å²) in [6.07, 6.45) is 1.99. The Morgan fingerprint density at radius 1 is 1.12 bits per heavy atom. The number of rotatable bonds is 5. The maximum absolute atomic E-state index is 12.6. The number of carbonyl (C=O) groups is 1. The van der Waals surface area contributed by atoms with Crippen molar-refractivity contribution < 1.29 is 9.00 Å². The number of carbonyl (C=O) groups excluding carboxylic acids is 1. The average Bonchev–Trinajstić information content (AvgIpc) is 3.07. The number of halogens is 1. The molecule has 0 aliphatic carbocycles. The van der Waals surface area contributed by atoms with Crippen molar-refractivity contribution in [3.05, 3.63) is 70.2 Å². The first-order chi connectivity index (χ1) is 11.6. The van der Waals surface area contributed by atoms with Crippen LogP contribution < -0.4 is 0 Å². The van der Waals surface area contributed by atoms with E-state index in [0.29, 0.717) is 5.75 Å². The van der Waals surface area contributed by atoms with Gasteiger partial charge >= 0.3 is 0 Å². The highest BCUT2D eigenvalue weighted by Crippen LogP contribution is 2.31. The van der Waals surface area contributed by atoms with Crippen molar-refractivity contribution in [1.82, 2.24) is 4.90 Å². The van der Waals surface area contributed by atoms with Crippen molar-refractivity contribution in [2.24, 2.45) is 0 Å². The number of nitrogens with zero attached hydrogens (tertiary/aromatic N) is 1. The molecule has 3 nitrogen and oxygen atoms in total. The highest BCUT2D eigenvalue weighted by Gasteiger charge is 2.30. The standard InChI is InChI=1S/C19H20BrNO2S/c20-17-10-8-15(9-11-17)13-24(23)14-19(22)21-12-4-7-18(21)16-5-2-1-3-6-16/h1-3,5-6,8-11,18H,4,7,12-14H2. The van der Waals surface area contributed by atoms with Gasteiger partial charge in [0.25, 0.3) is 0 Å². The molecule has 3 rings (SSSR count). The largest absolute Gasteiger partial charge is 0.335 e. The molecule has 24 heavy (non-hydrogen) atoms. The molecule has 1 heterocycles. The summed E-state index contributed by atoms with van der Waals surface area (Å²) in [4.78, 5) is 14.5.